The first-order valence-electron chi connectivity index (χ1n) is 8.58. The van der Waals surface area contributed by atoms with E-state index in [4.69, 9.17) is 0 Å². The minimum atomic E-state index is 0.0736. The number of hydrogen-bond acceptors (Lipinski definition) is 3. The van der Waals surface area contributed by atoms with E-state index in [1.807, 2.05) is 0 Å². The van der Waals surface area contributed by atoms with Gasteiger partial charge in [-0.25, -0.2) is 0 Å². The zero-order chi connectivity index (χ0) is 13.8. The van der Waals surface area contributed by atoms with Crippen LogP contribution in [0.5, 0.6) is 0 Å². The van der Waals surface area contributed by atoms with Gasteiger partial charge in [-0.3, -0.25) is 4.79 Å². The third-order valence-corrected chi connectivity index (χ3v) is 5.33. The first-order chi connectivity index (χ1) is 9.83. The van der Waals surface area contributed by atoms with E-state index in [0.29, 0.717) is 5.92 Å². The molecule has 1 saturated carbocycles. The first kappa shape index (κ1) is 14.3. The summed E-state index contributed by atoms with van der Waals surface area (Å²) in [5, 5.41) is 6.45. The lowest BCUT2D eigenvalue weighted by molar-refractivity contribution is -0.123. The topological polar surface area (TPSA) is 44.4 Å². The van der Waals surface area contributed by atoms with Crippen LogP contribution in [0.1, 0.15) is 51.4 Å². The van der Waals surface area contributed by atoms with Crippen molar-refractivity contribution in [3.63, 3.8) is 0 Å². The Bertz CT molecular complexity index is 322. The molecule has 0 spiro atoms. The second kappa shape index (κ2) is 6.90. The molecule has 20 heavy (non-hydrogen) atoms. The van der Waals surface area contributed by atoms with E-state index in [0.717, 1.165) is 32.0 Å². The average Bonchev–Trinajstić information content (AvgIpc) is 3.17. The fraction of sp³-hybridized carbons (Fsp3) is 0.938. The zero-order valence-electron chi connectivity index (χ0n) is 12.6. The first-order valence-corrected chi connectivity index (χ1v) is 8.58. The number of likely N-dealkylation sites (tertiary alicyclic amines) is 1. The molecule has 3 rings (SSSR count). The van der Waals surface area contributed by atoms with Gasteiger partial charge in [0, 0.05) is 19.1 Å². The van der Waals surface area contributed by atoms with Gasteiger partial charge in [-0.15, -0.1) is 0 Å². The highest BCUT2D eigenvalue weighted by molar-refractivity contribution is 5.81. The fourth-order valence-electron chi connectivity index (χ4n) is 4.14. The van der Waals surface area contributed by atoms with E-state index in [1.54, 1.807) is 0 Å². The Labute approximate surface area is 122 Å². The minimum Gasteiger partial charge on any atom is -0.354 e. The molecule has 114 valence electrons. The lowest BCUT2D eigenvalue weighted by atomic mass is 9.96. The molecular weight excluding hydrogens is 250 g/mol. The van der Waals surface area contributed by atoms with Crippen LogP contribution in [0.4, 0.5) is 0 Å². The predicted molar refractivity (Wildman–Crippen MR) is 80.6 cm³/mol. The van der Waals surface area contributed by atoms with Gasteiger partial charge in [0.1, 0.15) is 0 Å². The SMILES string of the molecule is O=C(NC[C@@H]1CCCN(C2CCCC2)C1)[C@H]1CCCN1. The number of nitrogens with zero attached hydrogens (tertiary/aromatic N) is 1. The lowest BCUT2D eigenvalue weighted by Crippen LogP contribution is -2.47. The molecule has 2 atom stereocenters. The van der Waals surface area contributed by atoms with Crippen LogP contribution in [0.25, 0.3) is 0 Å². The maximum absolute atomic E-state index is 12.0. The molecule has 1 amide bonds. The van der Waals surface area contributed by atoms with Crippen molar-refractivity contribution < 1.29 is 4.79 Å². The Morgan fingerprint density at radius 2 is 1.95 bits per heavy atom. The van der Waals surface area contributed by atoms with Crippen molar-refractivity contribution in [1.29, 1.82) is 0 Å². The van der Waals surface area contributed by atoms with Crippen molar-refractivity contribution in [2.24, 2.45) is 5.92 Å². The normalized spacial score (nSPS) is 32.6. The quantitative estimate of drug-likeness (QED) is 0.820. The van der Waals surface area contributed by atoms with Gasteiger partial charge < -0.3 is 15.5 Å². The molecule has 0 bridgehead atoms. The summed E-state index contributed by atoms with van der Waals surface area (Å²) in [5.41, 5.74) is 0. The molecular formula is C16H29N3O. The van der Waals surface area contributed by atoms with Gasteiger partial charge in [0.15, 0.2) is 0 Å². The van der Waals surface area contributed by atoms with Crippen LogP contribution in [0.3, 0.4) is 0 Å². The highest BCUT2D eigenvalue weighted by Crippen LogP contribution is 2.27. The molecule has 0 aromatic rings. The molecule has 3 fully saturated rings. The number of rotatable bonds is 4. The van der Waals surface area contributed by atoms with Gasteiger partial charge in [-0.2, -0.15) is 0 Å². The van der Waals surface area contributed by atoms with Crippen molar-refractivity contribution >= 4 is 5.91 Å². The van der Waals surface area contributed by atoms with Gasteiger partial charge in [-0.1, -0.05) is 12.8 Å². The molecule has 2 aliphatic heterocycles. The van der Waals surface area contributed by atoms with E-state index < -0.39 is 0 Å². The smallest absolute Gasteiger partial charge is 0.237 e. The van der Waals surface area contributed by atoms with Crippen LogP contribution >= 0.6 is 0 Å². The Kier molecular flexibility index (Phi) is 4.94. The number of hydrogen-bond donors (Lipinski definition) is 2. The fourth-order valence-corrected chi connectivity index (χ4v) is 4.14. The van der Waals surface area contributed by atoms with Crippen LogP contribution in [0.2, 0.25) is 0 Å². The van der Waals surface area contributed by atoms with Crippen molar-refractivity contribution in [3.05, 3.63) is 0 Å². The second-order valence-corrected chi connectivity index (χ2v) is 6.84. The molecule has 2 heterocycles. The summed E-state index contributed by atoms with van der Waals surface area (Å²) in [7, 11) is 0. The second-order valence-electron chi connectivity index (χ2n) is 6.84. The van der Waals surface area contributed by atoms with E-state index in [-0.39, 0.29) is 11.9 Å². The summed E-state index contributed by atoms with van der Waals surface area (Å²) >= 11 is 0. The standard InChI is InChI=1S/C16H29N3O/c20-16(15-8-3-9-17-15)18-11-13-5-4-10-19(12-13)14-6-1-2-7-14/h13-15,17H,1-12H2,(H,18,20)/t13-,15+/m0/s1. The van der Waals surface area contributed by atoms with Crippen LogP contribution in [-0.2, 0) is 4.79 Å². The maximum Gasteiger partial charge on any atom is 0.237 e. The van der Waals surface area contributed by atoms with Crippen LogP contribution < -0.4 is 10.6 Å². The number of amides is 1. The van der Waals surface area contributed by atoms with Crippen molar-refractivity contribution in [2.75, 3.05) is 26.2 Å². The van der Waals surface area contributed by atoms with Gasteiger partial charge >= 0.3 is 0 Å². The summed E-state index contributed by atoms with van der Waals surface area (Å²) in [6.07, 6.45) is 10.3. The molecule has 0 unspecified atom stereocenters. The third-order valence-electron chi connectivity index (χ3n) is 5.33. The zero-order valence-corrected chi connectivity index (χ0v) is 12.6. The van der Waals surface area contributed by atoms with Crippen LogP contribution in [0.15, 0.2) is 0 Å². The summed E-state index contributed by atoms with van der Waals surface area (Å²) in [6, 6.07) is 0.912. The summed E-state index contributed by atoms with van der Waals surface area (Å²) in [4.78, 5) is 14.7. The van der Waals surface area contributed by atoms with Crippen molar-refractivity contribution in [3.8, 4) is 0 Å². The Morgan fingerprint density at radius 3 is 2.70 bits per heavy atom. The van der Waals surface area contributed by atoms with Crippen LogP contribution in [-0.4, -0.2) is 49.1 Å². The summed E-state index contributed by atoms with van der Waals surface area (Å²) in [5.74, 6) is 0.884. The monoisotopic (exact) mass is 279 g/mol. The Morgan fingerprint density at radius 1 is 1.10 bits per heavy atom. The number of carbonyl (C=O) groups excluding carboxylic acids is 1. The van der Waals surface area contributed by atoms with Gasteiger partial charge in [0.2, 0.25) is 5.91 Å². The molecule has 0 radical (unpaired) electrons. The largest absolute Gasteiger partial charge is 0.354 e. The lowest BCUT2D eigenvalue weighted by Gasteiger charge is -2.37. The van der Waals surface area contributed by atoms with Crippen molar-refractivity contribution in [1.82, 2.24) is 15.5 Å². The van der Waals surface area contributed by atoms with E-state index in [9.17, 15) is 4.79 Å². The number of piperidine rings is 1. The Hall–Kier alpha value is -0.610. The molecule has 0 aromatic carbocycles. The molecule has 1 aliphatic carbocycles. The Balaban J connectivity index is 1.41. The summed E-state index contributed by atoms with van der Waals surface area (Å²) in [6.45, 7) is 4.35. The maximum atomic E-state index is 12.0. The minimum absolute atomic E-state index is 0.0736. The third kappa shape index (κ3) is 3.53. The summed E-state index contributed by atoms with van der Waals surface area (Å²) < 4.78 is 0. The molecule has 2 saturated heterocycles. The van der Waals surface area contributed by atoms with E-state index in [1.165, 1.54) is 51.6 Å². The van der Waals surface area contributed by atoms with Crippen LogP contribution in [0, 0.1) is 5.92 Å². The molecule has 2 N–H and O–H groups in total. The highest BCUT2D eigenvalue weighted by atomic mass is 16.2. The van der Waals surface area contributed by atoms with Gasteiger partial charge in [0.05, 0.1) is 6.04 Å². The molecule has 4 heteroatoms. The molecule has 0 aromatic heterocycles. The number of carbonyl (C=O) groups is 1. The number of nitrogens with one attached hydrogen (secondary N) is 2. The van der Waals surface area contributed by atoms with Gasteiger partial charge in [0.25, 0.3) is 0 Å². The van der Waals surface area contributed by atoms with Gasteiger partial charge in [-0.05, 0) is 57.5 Å². The molecule has 4 nitrogen and oxygen atoms in total. The average molecular weight is 279 g/mol. The van der Waals surface area contributed by atoms with Crippen molar-refractivity contribution in [2.45, 2.75) is 63.5 Å². The van der Waals surface area contributed by atoms with E-state index >= 15 is 0 Å². The van der Waals surface area contributed by atoms with E-state index in [2.05, 4.69) is 15.5 Å². The molecule has 3 aliphatic rings. The predicted octanol–water partition coefficient (Wildman–Crippen LogP) is 1.51. The highest BCUT2D eigenvalue weighted by Gasteiger charge is 2.28.